The zero-order valence-electron chi connectivity index (χ0n) is 13.3. The van der Waals surface area contributed by atoms with Gasteiger partial charge in [0.1, 0.15) is 11.3 Å². The van der Waals surface area contributed by atoms with E-state index in [1.807, 2.05) is 18.2 Å². The van der Waals surface area contributed by atoms with Crippen molar-refractivity contribution in [2.24, 2.45) is 0 Å². The van der Waals surface area contributed by atoms with Crippen LogP contribution in [0.1, 0.15) is 10.4 Å². The van der Waals surface area contributed by atoms with Crippen molar-refractivity contribution in [2.45, 2.75) is 0 Å². The second kappa shape index (κ2) is 7.64. The molecule has 3 rings (SSSR count). The predicted molar refractivity (Wildman–Crippen MR) is 101 cm³/mol. The Morgan fingerprint density at radius 3 is 2.42 bits per heavy atom. The fraction of sp³-hybridized carbons (Fsp3) is 0.0526. The van der Waals surface area contributed by atoms with Crippen LogP contribution in [0.3, 0.4) is 0 Å². The lowest BCUT2D eigenvalue weighted by Gasteiger charge is -2.10. The third-order valence-electron chi connectivity index (χ3n) is 3.64. The minimum atomic E-state index is -0.805. The molecule has 0 bridgehead atoms. The lowest BCUT2D eigenvalue weighted by Crippen LogP contribution is -2.21. The van der Waals surface area contributed by atoms with Crippen LogP contribution >= 0.6 is 23.2 Å². The van der Waals surface area contributed by atoms with Crippen molar-refractivity contribution in [3.63, 3.8) is 0 Å². The Morgan fingerprint density at radius 1 is 1.00 bits per heavy atom. The van der Waals surface area contributed by atoms with Crippen LogP contribution in [0.25, 0.3) is 10.8 Å². The van der Waals surface area contributed by atoms with E-state index in [-0.39, 0.29) is 16.3 Å². The monoisotopic (exact) mass is 389 g/mol. The van der Waals surface area contributed by atoms with E-state index in [2.05, 4.69) is 5.32 Å². The Morgan fingerprint density at radius 2 is 1.69 bits per heavy atom. The van der Waals surface area contributed by atoms with Gasteiger partial charge in [0.05, 0.1) is 15.7 Å². The number of hydrogen-bond donors (Lipinski definition) is 2. The first-order chi connectivity index (χ1) is 12.5. The molecule has 0 fully saturated rings. The Bertz CT molecular complexity index is 1000. The minimum Gasteiger partial charge on any atom is -0.507 e. The molecular formula is C19H13Cl2NO4. The van der Waals surface area contributed by atoms with Crippen molar-refractivity contribution >= 4 is 51.5 Å². The summed E-state index contributed by atoms with van der Waals surface area (Å²) in [7, 11) is 0. The molecule has 2 N–H and O–H groups in total. The van der Waals surface area contributed by atoms with E-state index in [4.69, 9.17) is 27.9 Å². The van der Waals surface area contributed by atoms with Crippen molar-refractivity contribution in [3.05, 3.63) is 70.2 Å². The van der Waals surface area contributed by atoms with Crippen LogP contribution in [0.15, 0.2) is 54.6 Å². The Balaban J connectivity index is 1.68. The molecule has 0 spiro atoms. The highest BCUT2D eigenvalue weighted by Gasteiger charge is 2.16. The third kappa shape index (κ3) is 3.90. The summed E-state index contributed by atoms with van der Waals surface area (Å²) in [5.74, 6) is -1.60. The van der Waals surface area contributed by atoms with Crippen LogP contribution in [0.4, 0.5) is 5.69 Å². The summed E-state index contributed by atoms with van der Waals surface area (Å²) >= 11 is 11.9. The van der Waals surface area contributed by atoms with Gasteiger partial charge in [-0.15, -0.1) is 0 Å². The summed E-state index contributed by atoms with van der Waals surface area (Å²) in [5, 5.41) is 14.6. The molecule has 5 nitrogen and oxygen atoms in total. The van der Waals surface area contributed by atoms with Gasteiger partial charge in [-0.25, -0.2) is 4.79 Å². The molecule has 3 aromatic rings. The van der Waals surface area contributed by atoms with Gasteiger partial charge in [0.25, 0.3) is 5.91 Å². The number of carbonyl (C=O) groups excluding carboxylic acids is 2. The largest absolute Gasteiger partial charge is 0.507 e. The number of phenolic OH excluding ortho intramolecular Hbond substituents is 1. The van der Waals surface area contributed by atoms with Gasteiger partial charge in [-0.3, -0.25) is 4.79 Å². The summed E-state index contributed by atoms with van der Waals surface area (Å²) in [4.78, 5) is 24.1. The van der Waals surface area contributed by atoms with Gasteiger partial charge in [0.15, 0.2) is 6.61 Å². The summed E-state index contributed by atoms with van der Waals surface area (Å²) in [6.07, 6.45) is 0. The van der Waals surface area contributed by atoms with Gasteiger partial charge in [0, 0.05) is 0 Å². The van der Waals surface area contributed by atoms with E-state index in [0.717, 1.165) is 10.8 Å². The molecule has 0 heterocycles. The molecule has 3 aromatic carbocycles. The minimum absolute atomic E-state index is 0.0164. The van der Waals surface area contributed by atoms with E-state index in [9.17, 15) is 14.7 Å². The summed E-state index contributed by atoms with van der Waals surface area (Å²) in [6, 6.07) is 15.0. The lowest BCUT2D eigenvalue weighted by molar-refractivity contribution is -0.119. The van der Waals surface area contributed by atoms with E-state index in [1.165, 1.54) is 12.1 Å². The maximum absolute atomic E-state index is 12.2. The Hall–Kier alpha value is -2.76. The van der Waals surface area contributed by atoms with Crippen molar-refractivity contribution in [1.82, 2.24) is 0 Å². The molecule has 0 unspecified atom stereocenters. The highest BCUT2D eigenvalue weighted by atomic mass is 35.5. The van der Waals surface area contributed by atoms with Crippen molar-refractivity contribution in [2.75, 3.05) is 11.9 Å². The van der Waals surface area contributed by atoms with Crippen LogP contribution in [0.5, 0.6) is 5.75 Å². The van der Waals surface area contributed by atoms with Crippen LogP contribution in [-0.2, 0) is 9.53 Å². The molecule has 26 heavy (non-hydrogen) atoms. The molecule has 0 saturated carbocycles. The number of rotatable bonds is 4. The molecule has 1 amide bonds. The number of nitrogens with one attached hydrogen (secondary N) is 1. The fourth-order valence-corrected chi connectivity index (χ4v) is 2.74. The quantitative estimate of drug-likeness (QED) is 0.636. The molecule has 7 heteroatoms. The topological polar surface area (TPSA) is 75.6 Å². The first-order valence-electron chi connectivity index (χ1n) is 7.58. The van der Waals surface area contributed by atoms with Gasteiger partial charge in [0.2, 0.25) is 0 Å². The zero-order valence-corrected chi connectivity index (χ0v) is 14.8. The van der Waals surface area contributed by atoms with Gasteiger partial charge in [-0.05, 0) is 35.0 Å². The highest BCUT2D eigenvalue weighted by molar-refractivity contribution is 6.44. The number of phenols is 1. The molecule has 0 aliphatic rings. The number of aromatic hydroxyl groups is 1. The smallest absolute Gasteiger partial charge is 0.342 e. The van der Waals surface area contributed by atoms with Crippen LogP contribution < -0.4 is 5.32 Å². The number of esters is 1. The van der Waals surface area contributed by atoms with E-state index in [0.29, 0.717) is 10.7 Å². The molecule has 0 aliphatic carbocycles. The molecule has 0 radical (unpaired) electrons. The van der Waals surface area contributed by atoms with E-state index in [1.54, 1.807) is 24.3 Å². The van der Waals surface area contributed by atoms with Gasteiger partial charge in [-0.2, -0.15) is 0 Å². The van der Waals surface area contributed by atoms with Gasteiger partial charge < -0.3 is 15.2 Å². The number of hydrogen-bond acceptors (Lipinski definition) is 4. The van der Waals surface area contributed by atoms with Crippen LogP contribution in [0, 0.1) is 0 Å². The number of halogens is 2. The van der Waals surface area contributed by atoms with E-state index >= 15 is 0 Å². The first kappa shape index (κ1) is 18.0. The summed E-state index contributed by atoms with van der Waals surface area (Å²) in [5.41, 5.74) is 0.297. The maximum atomic E-state index is 12.2. The van der Waals surface area contributed by atoms with E-state index < -0.39 is 18.5 Å². The summed E-state index contributed by atoms with van der Waals surface area (Å²) in [6.45, 7) is -0.534. The number of anilines is 1. The normalized spacial score (nSPS) is 10.5. The number of ether oxygens (including phenoxy) is 1. The van der Waals surface area contributed by atoms with Crippen molar-refractivity contribution < 1.29 is 19.4 Å². The second-order valence-corrected chi connectivity index (χ2v) is 6.23. The molecule has 0 saturated heterocycles. The highest BCUT2D eigenvalue weighted by Crippen LogP contribution is 2.29. The maximum Gasteiger partial charge on any atom is 0.342 e. The Labute approximate surface area is 159 Å². The predicted octanol–water partition coefficient (Wildman–Crippen LogP) is 4.65. The van der Waals surface area contributed by atoms with Gasteiger partial charge >= 0.3 is 5.97 Å². The molecule has 132 valence electrons. The second-order valence-electron chi connectivity index (χ2n) is 5.44. The molecule has 0 aromatic heterocycles. The fourth-order valence-electron chi connectivity index (χ4n) is 2.39. The molecular weight excluding hydrogens is 377 g/mol. The van der Waals surface area contributed by atoms with Crippen LogP contribution in [0.2, 0.25) is 10.0 Å². The zero-order chi connectivity index (χ0) is 18.7. The lowest BCUT2D eigenvalue weighted by atomic mass is 10.1. The summed E-state index contributed by atoms with van der Waals surface area (Å²) < 4.78 is 4.97. The third-order valence-corrected chi connectivity index (χ3v) is 4.46. The SMILES string of the molecule is O=C(COC(=O)c1cc2ccccc2cc1O)Nc1cccc(Cl)c1Cl. The number of amides is 1. The average Bonchev–Trinajstić information content (AvgIpc) is 2.63. The molecule has 0 atom stereocenters. The number of benzene rings is 3. The number of carbonyl (C=O) groups is 2. The first-order valence-corrected chi connectivity index (χ1v) is 8.34. The van der Waals surface area contributed by atoms with Crippen molar-refractivity contribution in [3.8, 4) is 5.75 Å². The van der Waals surface area contributed by atoms with Crippen LogP contribution in [-0.4, -0.2) is 23.6 Å². The van der Waals surface area contributed by atoms with Crippen molar-refractivity contribution in [1.29, 1.82) is 0 Å². The Kier molecular flexibility index (Phi) is 5.30. The average molecular weight is 390 g/mol. The number of fused-ring (bicyclic) bond motifs is 1. The standard InChI is InChI=1S/C19H13Cl2NO4/c20-14-6-3-7-15(18(14)21)22-17(24)10-26-19(25)13-8-11-4-1-2-5-12(11)9-16(13)23/h1-9,23H,10H2,(H,22,24). The molecule has 0 aliphatic heterocycles. The van der Waals surface area contributed by atoms with Gasteiger partial charge in [-0.1, -0.05) is 53.5 Å².